The molecule has 72 valence electrons. The Morgan fingerprint density at radius 1 is 1.50 bits per heavy atom. The minimum absolute atomic E-state index is 0.165. The average Bonchev–Trinajstić information content (AvgIpc) is 2.14. The van der Waals surface area contributed by atoms with E-state index in [4.69, 9.17) is 4.11 Å². The van der Waals surface area contributed by atoms with Crippen molar-refractivity contribution in [1.82, 2.24) is 4.57 Å². The number of nitrogens with zero attached hydrogens (tertiary/aromatic N) is 1. The van der Waals surface area contributed by atoms with Gasteiger partial charge in [0, 0.05) is 11.1 Å². The predicted molar refractivity (Wildman–Crippen MR) is 47.7 cm³/mol. The molecule has 0 saturated carbocycles. The van der Waals surface area contributed by atoms with E-state index in [0.717, 1.165) is 18.2 Å². The molecule has 2 aromatic rings. The molecule has 0 amide bonds. The van der Waals surface area contributed by atoms with E-state index in [-0.39, 0.29) is 15.5 Å². The van der Waals surface area contributed by atoms with Crippen LogP contribution in [0, 0.1) is 5.82 Å². The van der Waals surface area contributed by atoms with Crippen LogP contribution in [-0.4, -0.2) is 4.57 Å². The number of rotatable bonds is 0. The summed E-state index contributed by atoms with van der Waals surface area (Å²) in [6, 6.07) is 2.85. The van der Waals surface area contributed by atoms with Crippen molar-refractivity contribution in [3.05, 3.63) is 45.0 Å². The molecule has 4 nitrogen and oxygen atoms in total. The molecule has 0 bridgehead atoms. The summed E-state index contributed by atoms with van der Waals surface area (Å²) in [4.78, 5) is 22.6. The van der Waals surface area contributed by atoms with Crippen LogP contribution >= 0.6 is 0 Å². The number of benzene rings is 1. The Morgan fingerprint density at radius 2 is 2.29 bits per heavy atom. The first-order valence-corrected chi connectivity index (χ1v) is 3.66. The van der Waals surface area contributed by atoms with Crippen LogP contribution in [0.1, 0.15) is 4.11 Å². The van der Waals surface area contributed by atoms with Gasteiger partial charge in [-0.05, 0) is 18.2 Å². The third kappa shape index (κ3) is 1.14. The molecule has 5 heteroatoms. The van der Waals surface area contributed by atoms with Crippen molar-refractivity contribution in [2.45, 2.75) is 0 Å². The summed E-state index contributed by atoms with van der Waals surface area (Å²) >= 11 is 0. The van der Waals surface area contributed by atoms with Crippen molar-refractivity contribution in [3.63, 3.8) is 0 Å². The van der Waals surface area contributed by atoms with Gasteiger partial charge in [-0.3, -0.25) is 4.57 Å². The van der Waals surface area contributed by atoms with E-state index in [2.05, 4.69) is 4.42 Å². The van der Waals surface area contributed by atoms with Gasteiger partial charge in [-0.25, -0.2) is 14.0 Å². The maximum Gasteiger partial charge on any atom is 0.422 e. The van der Waals surface area contributed by atoms with E-state index in [0.29, 0.717) is 0 Å². The third-order valence-electron chi connectivity index (χ3n) is 1.78. The number of aromatic nitrogens is 1. The van der Waals surface area contributed by atoms with Gasteiger partial charge in [0.1, 0.15) is 5.82 Å². The number of fused-ring (bicyclic) bond motifs is 1. The lowest BCUT2D eigenvalue weighted by molar-refractivity contribution is 0.432. The quantitative estimate of drug-likeness (QED) is 0.623. The highest BCUT2D eigenvalue weighted by molar-refractivity contribution is 5.77. The molecule has 0 aliphatic heterocycles. The Hall–Kier alpha value is -1.91. The molecule has 0 spiro atoms. The minimum Gasteiger partial charge on any atom is -0.372 e. The highest BCUT2D eigenvalue weighted by atomic mass is 19.1. The molecular weight excluding hydrogens is 189 g/mol. The number of halogens is 1. The van der Waals surface area contributed by atoms with E-state index in [1.54, 1.807) is 0 Å². The molecule has 1 aromatic heterocycles. The SMILES string of the molecule is [2H]C([2H])([2H])n1c(=O)oc(=O)c2ccc(F)cc21. The fourth-order valence-corrected chi connectivity index (χ4v) is 1.14. The topological polar surface area (TPSA) is 52.2 Å². The Bertz CT molecular complexity index is 701. The predicted octanol–water partition coefficient (Wildman–Crippen LogP) is 0.631. The van der Waals surface area contributed by atoms with Crippen molar-refractivity contribution < 1.29 is 12.9 Å². The zero-order valence-corrected chi connectivity index (χ0v) is 6.78. The van der Waals surface area contributed by atoms with Crippen LogP contribution in [0.15, 0.2) is 32.2 Å². The minimum atomic E-state index is -2.85. The maximum atomic E-state index is 13.0. The first-order valence-electron chi connectivity index (χ1n) is 5.16. The second-order valence-electron chi connectivity index (χ2n) is 2.65. The lowest BCUT2D eigenvalue weighted by Gasteiger charge is -2.00. The van der Waals surface area contributed by atoms with Gasteiger partial charge in [0.05, 0.1) is 10.9 Å². The standard InChI is InChI=1S/C9H6FNO3/c1-11-7-4-5(10)2-3-6(7)8(12)14-9(11)13/h2-4H,1H3/i1D3. The van der Waals surface area contributed by atoms with Crippen LogP contribution in [-0.2, 0) is 6.98 Å². The van der Waals surface area contributed by atoms with E-state index in [1.807, 2.05) is 0 Å². The fourth-order valence-electron chi connectivity index (χ4n) is 1.14. The Kier molecular flexibility index (Phi) is 1.15. The van der Waals surface area contributed by atoms with Gasteiger partial charge in [0.25, 0.3) is 0 Å². The second-order valence-corrected chi connectivity index (χ2v) is 2.65. The molecule has 1 aromatic carbocycles. The zero-order chi connectivity index (χ0) is 12.8. The molecular formula is C9H6FNO3. The summed E-state index contributed by atoms with van der Waals surface area (Å²) in [6.45, 7) is -2.85. The van der Waals surface area contributed by atoms with Crippen LogP contribution in [0.25, 0.3) is 10.9 Å². The third-order valence-corrected chi connectivity index (χ3v) is 1.78. The maximum absolute atomic E-state index is 13.0. The van der Waals surface area contributed by atoms with Crippen LogP contribution < -0.4 is 11.4 Å². The van der Waals surface area contributed by atoms with E-state index < -0.39 is 24.2 Å². The highest BCUT2D eigenvalue weighted by Crippen LogP contribution is 2.08. The van der Waals surface area contributed by atoms with Gasteiger partial charge in [0.15, 0.2) is 0 Å². The number of hydrogen-bond donors (Lipinski definition) is 0. The molecule has 14 heavy (non-hydrogen) atoms. The van der Waals surface area contributed by atoms with Crippen molar-refractivity contribution in [2.24, 2.45) is 6.98 Å². The summed E-state index contributed by atoms with van der Waals surface area (Å²) < 4.78 is 39.0. The van der Waals surface area contributed by atoms with Crippen LogP contribution in [0.3, 0.4) is 0 Å². The van der Waals surface area contributed by atoms with E-state index in [1.165, 1.54) is 0 Å². The molecule has 0 atom stereocenters. The normalized spacial score (nSPS) is 14.8. The van der Waals surface area contributed by atoms with Gasteiger partial charge in [-0.1, -0.05) is 0 Å². The molecule has 0 saturated heterocycles. The van der Waals surface area contributed by atoms with Gasteiger partial charge in [0.2, 0.25) is 0 Å². The molecule has 0 unspecified atom stereocenters. The Balaban J connectivity index is 3.07. The summed E-state index contributed by atoms with van der Waals surface area (Å²) in [7, 11) is 0. The van der Waals surface area contributed by atoms with Crippen LogP contribution in [0.4, 0.5) is 4.39 Å². The van der Waals surface area contributed by atoms with Crippen molar-refractivity contribution in [3.8, 4) is 0 Å². The lowest BCUT2D eigenvalue weighted by Crippen LogP contribution is -2.22. The van der Waals surface area contributed by atoms with E-state index >= 15 is 0 Å². The lowest BCUT2D eigenvalue weighted by atomic mass is 10.2. The van der Waals surface area contributed by atoms with Gasteiger partial charge < -0.3 is 4.42 Å². The molecule has 1 heterocycles. The highest BCUT2D eigenvalue weighted by Gasteiger charge is 2.06. The fraction of sp³-hybridized carbons (Fsp3) is 0.111. The van der Waals surface area contributed by atoms with Gasteiger partial charge >= 0.3 is 11.4 Å². The van der Waals surface area contributed by atoms with Crippen LogP contribution in [0.2, 0.25) is 0 Å². The van der Waals surface area contributed by atoms with Crippen molar-refractivity contribution in [2.75, 3.05) is 0 Å². The largest absolute Gasteiger partial charge is 0.422 e. The summed E-state index contributed by atoms with van der Waals surface area (Å²) in [5, 5.41) is -0.165. The summed E-state index contributed by atoms with van der Waals surface area (Å²) in [5.74, 6) is -2.09. The molecule has 0 aliphatic rings. The second kappa shape index (κ2) is 2.80. The number of hydrogen-bond acceptors (Lipinski definition) is 3. The van der Waals surface area contributed by atoms with Crippen molar-refractivity contribution >= 4 is 10.9 Å². The number of aryl methyl sites for hydroxylation is 1. The average molecular weight is 198 g/mol. The first kappa shape index (κ1) is 5.74. The monoisotopic (exact) mass is 198 g/mol. The molecule has 0 radical (unpaired) electrons. The zero-order valence-electron chi connectivity index (χ0n) is 9.78. The van der Waals surface area contributed by atoms with Crippen LogP contribution in [0.5, 0.6) is 0 Å². The Morgan fingerprint density at radius 3 is 3.00 bits per heavy atom. The molecule has 0 N–H and O–H groups in total. The smallest absolute Gasteiger partial charge is 0.372 e. The molecule has 0 aliphatic carbocycles. The molecule has 2 rings (SSSR count). The van der Waals surface area contributed by atoms with E-state index in [9.17, 15) is 14.0 Å². The first-order chi connectivity index (χ1) is 7.80. The summed E-state index contributed by atoms with van der Waals surface area (Å²) in [6.07, 6.45) is 0. The molecule has 0 fully saturated rings. The van der Waals surface area contributed by atoms with Gasteiger partial charge in [-0.15, -0.1) is 0 Å². The summed E-state index contributed by atoms with van der Waals surface area (Å²) in [5.41, 5.74) is -1.31. The Labute approximate surface area is 81.4 Å². The van der Waals surface area contributed by atoms with Crippen molar-refractivity contribution in [1.29, 1.82) is 0 Å². The van der Waals surface area contributed by atoms with Gasteiger partial charge in [-0.2, -0.15) is 0 Å².